The molecule has 0 bridgehead atoms. The van der Waals surface area contributed by atoms with E-state index in [9.17, 15) is 19.5 Å². The van der Waals surface area contributed by atoms with Crippen LogP contribution in [0.2, 0.25) is 0 Å². The largest absolute Gasteiger partial charge is 0.497 e. The molecule has 33 heavy (non-hydrogen) atoms. The van der Waals surface area contributed by atoms with Crippen molar-refractivity contribution in [2.75, 3.05) is 13.7 Å². The van der Waals surface area contributed by atoms with Crippen molar-refractivity contribution in [3.63, 3.8) is 0 Å². The zero-order valence-electron chi connectivity index (χ0n) is 18.6. The maximum absolute atomic E-state index is 13.1. The minimum absolute atomic E-state index is 0.0494. The van der Waals surface area contributed by atoms with Crippen LogP contribution in [0.1, 0.15) is 52.9 Å². The van der Waals surface area contributed by atoms with E-state index in [-0.39, 0.29) is 31.4 Å². The number of furan rings is 1. The number of benzene rings is 2. The van der Waals surface area contributed by atoms with Crippen LogP contribution in [-0.4, -0.2) is 41.4 Å². The molecule has 4 rings (SSSR count). The fraction of sp³-hybridized carbons (Fsp3) is 0.320. The van der Waals surface area contributed by atoms with E-state index in [1.54, 1.807) is 41.3 Å². The van der Waals surface area contributed by atoms with E-state index in [0.717, 1.165) is 10.9 Å². The first kappa shape index (κ1) is 22.5. The molecule has 2 N–H and O–H groups in total. The van der Waals surface area contributed by atoms with Crippen LogP contribution in [0.15, 0.2) is 46.9 Å². The lowest BCUT2D eigenvalue weighted by Crippen LogP contribution is -2.40. The predicted molar refractivity (Wildman–Crippen MR) is 121 cm³/mol. The maximum atomic E-state index is 13.1. The van der Waals surface area contributed by atoms with Crippen LogP contribution in [0, 0.1) is 0 Å². The molecule has 172 valence electrons. The lowest BCUT2D eigenvalue weighted by atomic mass is 10.0. The Morgan fingerprint density at radius 3 is 2.76 bits per heavy atom. The lowest BCUT2D eigenvalue weighted by Gasteiger charge is -2.21. The molecule has 1 aliphatic heterocycles. The molecule has 2 heterocycles. The molecular weight excluding hydrogens is 424 g/mol. The first-order valence-electron chi connectivity index (χ1n) is 10.9. The molecule has 0 spiro atoms. The van der Waals surface area contributed by atoms with Gasteiger partial charge in [0.15, 0.2) is 0 Å². The second-order valence-electron chi connectivity index (χ2n) is 8.10. The van der Waals surface area contributed by atoms with Crippen LogP contribution in [0.5, 0.6) is 5.75 Å². The van der Waals surface area contributed by atoms with Crippen LogP contribution in [0.4, 0.5) is 0 Å². The van der Waals surface area contributed by atoms with Gasteiger partial charge in [-0.2, -0.15) is 0 Å². The number of amides is 3. The minimum atomic E-state index is -0.879. The molecule has 2 aromatic carbocycles. The summed E-state index contributed by atoms with van der Waals surface area (Å²) in [6.45, 7) is 2.14. The summed E-state index contributed by atoms with van der Waals surface area (Å²) in [5, 5.41) is 12.6. The molecule has 0 aliphatic carbocycles. The van der Waals surface area contributed by atoms with E-state index in [2.05, 4.69) is 5.32 Å². The summed E-state index contributed by atoms with van der Waals surface area (Å²) in [5.41, 5.74) is 2.65. The van der Waals surface area contributed by atoms with Crippen molar-refractivity contribution in [2.24, 2.45) is 0 Å². The number of ether oxygens (including phenoxy) is 1. The smallest absolute Gasteiger partial charge is 0.254 e. The number of nitrogens with one attached hydrogen (secondary N) is 1. The Labute approximate surface area is 191 Å². The van der Waals surface area contributed by atoms with Gasteiger partial charge in [0, 0.05) is 30.5 Å². The van der Waals surface area contributed by atoms with Gasteiger partial charge in [0.25, 0.3) is 5.91 Å². The summed E-state index contributed by atoms with van der Waals surface area (Å²) in [4.78, 5) is 39.8. The van der Waals surface area contributed by atoms with Crippen LogP contribution in [0.25, 0.3) is 11.0 Å². The van der Waals surface area contributed by atoms with Gasteiger partial charge in [-0.15, -0.1) is 0 Å². The molecule has 8 heteroatoms. The summed E-state index contributed by atoms with van der Waals surface area (Å²) < 4.78 is 11.2. The van der Waals surface area contributed by atoms with Crippen LogP contribution >= 0.6 is 0 Å². The third kappa shape index (κ3) is 4.61. The number of fused-ring (bicyclic) bond motifs is 2. The van der Waals surface area contributed by atoms with Gasteiger partial charge in [0.2, 0.25) is 11.8 Å². The van der Waals surface area contributed by atoms with Gasteiger partial charge in [0.1, 0.15) is 23.0 Å². The van der Waals surface area contributed by atoms with E-state index in [1.807, 2.05) is 13.0 Å². The summed E-state index contributed by atoms with van der Waals surface area (Å²) >= 11 is 0. The molecule has 1 unspecified atom stereocenters. The topological polar surface area (TPSA) is 109 Å². The number of hydrogen-bond donors (Lipinski definition) is 2. The van der Waals surface area contributed by atoms with Gasteiger partial charge >= 0.3 is 0 Å². The predicted octanol–water partition coefficient (Wildman–Crippen LogP) is 3.12. The second kappa shape index (κ2) is 9.46. The lowest BCUT2D eigenvalue weighted by molar-refractivity contribution is -0.131. The van der Waals surface area contributed by atoms with Gasteiger partial charge in [-0.3, -0.25) is 19.7 Å². The van der Waals surface area contributed by atoms with Crippen molar-refractivity contribution in [2.45, 2.75) is 38.8 Å². The fourth-order valence-corrected chi connectivity index (χ4v) is 4.03. The van der Waals surface area contributed by atoms with Crippen molar-refractivity contribution in [1.82, 2.24) is 10.2 Å². The summed E-state index contributed by atoms with van der Waals surface area (Å²) in [6.07, 6.45) is 0.840. The summed E-state index contributed by atoms with van der Waals surface area (Å²) in [5.74, 6) is -1.04. The van der Waals surface area contributed by atoms with Crippen LogP contribution in [0.3, 0.4) is 0 Å². The average molecular weight is 450 g/mol. The van der Waals surface area contributed by atoms with Gasteiger partial charge in [-0.25, -0.2) is 0 Å². The first-order chi connectivity index (χ1) is 15.9. The van der Waals surface area contributed by atoms with Crippen molar-refractivity contribution >= 4 is 28.7 Å². The van der Waals surface area contributed by atoms with E-state index >= 15 is 0 Å². The number of hydrogen-bond acceptors (Lipinski definition) is 6. The number of nitrogens with zero attached hydrogens (tertiary/aromatic N) is 1. The number of rotatable bonds is 8. The van der Waals surface area contributed by atoms with Crippen molar-refractivity contribution < 1.29 is 28.6 Å². The quantitative estimate of drug-likeness (QED) is 0.546. The zero-order chi connectivity index (χ0) is 23.5. The van der Waals surface area contributed by atoms with E-state index in [4.69, 9.17) is 9.15 Å². The zero-order valence-corrected chi connectivity index (χ0v) is 18.6. The van der Waals surface area contributed by atoms with Crippen LogP contribution < -0.4 is 10.1 Å². The summed E-state index contributed by atoms with van der Waals surface area (Å²) in [6, 6.07) is 12.3. The number of aliphatic hydroxyl groups is 1. The number of imide groups is 1. The summed E-state index contributed by atoms with van der Waals surface area (Å²) in [7, 11) is 1.54. The Kier molecular flexibility index (Phi) is 6.46. The Morgan fingerprint density at radius 2 is 2.03 bits per heavy atom. The molecule has 0 saturated heterocycles. The highest BCUT2D eigenvalue weighted by Gasteiger charge is 2.34. The highest BCUT2D eigenvalue weighted by atomic mass is 16.5. The minimum Gasteiger partial charge on any atom is -0.497 e. The molecule has 1 aliphatic rings. The van der Waals surface area contributed by atoms with Crippen molar-refractivity contribution in [1.29, 1.82) is 0 Å². The third-order valence-corrected chi connectivity index (χ3v) is 5.78. The molecular formula is C25H26N2O6. The fourth-order valence-electron chi connectivity index (χ4n) is 4.03. The first-order valence-corrected chi connectivity index (χ1v) is 10.9. The van der Waals surface area contributed by atoms with E-state index < -0.39 is 11.8 Å². The van der Waals surface area contributed by atoms with E-state index in [0.29, 0.717) is 41.2 Å². The maximum Gasteiger partial charge on any atom is 0.254 e. The molecule has 8 nitrogen and oxygen atoms in total. The van der Waals surface area contributed by atoms with Gasteiger partial charge in [-0.1, -0.05) is 19.1 Å². The Morgan fingerprint density at radius 1 is 1.21 bits per heavy atom. The second-order valence-corrected chi connectivity index (χ2v) is 8.10. The number of carbonyl (C=O) groups excluding carboxylic acids is 3. The van der Waals surface area contributed by atoms with Gasteiger partial charge in [-0.05, 0) is 47.9 Å². The van der Waals surface area contributed by atoms with Gasteiger partial charge in [0.05, 0.1) is 13.7 Å². The highest BCUT2D eigenvalue weighted by Crippen LogP contribution is 2.31. The molecule has 1 atom stereocenters. The Balaban J connectivity index is 1.64. The molecule has 0 radical (unpaired) electrons. The Bertz CT molecular complexity index is 1210. The van der Waals surface area contributed by atoms with Gasteiger partial charge < -0.3 is 19.2 Å². The normalized spacial score (nSPS) is 13.8. The average Bonchev–Trinajstić information content (AvgIpc) is 3.37. The van der Waals surface area contributed by atoms with Crippen molar-refractivity contribution in [3.05, 3.63) is 64.9 Å². The van der Waals surface area contributed by atoms with E-state index in [1.165, 1.54) is 7.11 Å². The van der Waals surface area contributed by atoms with Crippen molar-refractivity contribution in [3.8, 4) is 5.75 Å². The SMILES string of the molecule is CCCC(=O)NC(=O)C(CN1Cc2ccc(OC)cc2C1=O)c1cc2cc(CO)ccc2o1. The molecule has 3 amide bonds. The number of carbonyl (C=O) groups is 3. The number of aliphatic hydroxyl groups excluding tert-OH is 1. The Hall–Kier alpha value is -3.65. The monoisotopic (exact) mass is 450 g/mol. The van der Waals surface area contributed by atoms with Crippen LogP contribution in [-0.2, 0) is 22.7 Å². The molecule has 3 aromatic rings. The molecule has 0 fully saturated rings. The molecule has 0 saturated carbocycles. The third-order valence-electron chi connectivity index (χ3n) is 5.78. The number of methoxy groups -OCH3 is 1. The standard InChI is InChI=1S/C25H26N2O6/c1-3-4-23(29)26-24(30)20(22-10-17-9-15(14-28)5-8-21(17)33-22)13-27-12-16-6-7-18(32-2)11-19(16)25(27)31/h5-11,20,28H,3-4,12-14H2,1-2H3,(H,26,29,30). The molecule has 1 aromatic heterocycles. The highest BCUT2D eigenvalue weighted by molar-refractivity contribution is 6.01.